The molecule has 2 heterocycles. The maximum Gasteiger partial charge on any atom is 0.304 e. The third-order valence-electron chi connectivity index (χ3n) is 6.46. The number of hydrogen-bond donors (Lipinski definition) is 1. The molecule has 194 valence electrons. The SMILES string of the molecule is COc1ccc(-c2ccc(Cl)cc2-c2csc(N(C(=O)[C@@H](CC(=O)O)Cc3ccccc3)C3CC3)n2)cn1. The van der Waals surface area contributed by atoms with Gasteiger partial charge in [-0.05, 0) is 48.6 Å². The number of rotatable bonds is 10. The third-order valence-corrected chi connectivity index (χ3v) is 7.53. The van der Waals surface area contributed by atoms with Crippen molar-refractivity contribution in [3.8, 4) is 28.3 Å². The molecular formula is C29H26ClN3O4S. The molecule has 7 nitrogen and oxygen atoms in total. The predicted molar refractivity (Wildman–Crippen MR) is 149 cm³/mol. The van der Waals surface area contributed by atoms with Crippen molar-refractivity contribution in [1.82, 2.24) is 9.97 Å². The molecule has 1 fully saturated rings. The first-order valence-electron chi connectivity index (χ1n) is 12.3. The summed E-state index contributed by atoms with van der Waals surface area (Å²) in [4.78, 5) is 36.4. The number of benzene rings is 2. The van der Waals surface area contributed by atoms with Crippen LogP contribution in [0.1, 0.15) is 24.8 Å². The summed E-state index contributed by atoms with van der Waals surface area (Å²) in [5, 5.41) is 12.6. The topological polar surface area (TPSA) is 92.6 Å². The molecule has 0 saturated heterocycles. The summed E-state index contributed by atoms with van der Waals surface area (Å²) in [5.41, 5.74) is 4.22. The van der Waals surface area contributed by atoms with Crippen LogP contribution in [0.15, 0.2) is 72.2 Å². The van der Waals surface area contributed by atoms with Crippen LogP contribution in [0, 0.1) is 5.92 Å². The van der Waals surface area contributed by atoms with Crippen LogP contribution in [0.2, 0.25) is 5.02 Å². The first-order chi connectivity index (χ1) is 18.4. The number of halogens is 1. The number of anilines is 1. The lowest BCUT2D eigenvalue weighted by molar-refractivity contribution is -0.140. The van der Waals surface area contributed by atoms with Gasteiger partial charge in [-0.25, -0.2) is 9.97 Å². The molecule has 0 bridgehead atoms. The van der Waals surface area contributed by atoms with Gasteiger partial charge in [0.25, 0.3) is 0 Å². The number of methoxy groups -OCH3 is 1. The summed E-state index contributed by atoms with van der Waals surface area (Å²) in [5.74, 6) is -1.36. The highest BCUT2D eigenvalue weighted by molar-refractivity contribution is 7.14. The Morgan fingerprint density at radius 3 is 2.58 bits per heavy atom. The number of aromatic nitrogens is 2. The molecule has 9 heteroatoms. The Kier molecular flexibility index (Phi) is 7.72. The van der Waals surface area contributed by atoms with Gasteiger partial charge in [-0.15, -0.1) is 11.3 Å². The normalized spacial score (nSPS) is 13.6. The van der Waals surface area contributed by atoms with Gasteiger partial charge in [0.1, 0.15) is 0 Å². The zero-order valence-electron chi connectivity index (χ0n) is 20.7. The van der Waals surface area contributed by atoms with Gasteiger partial charge in [-0.2, -0.15) is 0 Å². The number of carboxylic acid groups (broad SMARTS) is 1. The maximum atomic E-state index is 13.8. The number of carbonyl (C=O) groups is 2. The number of carboxylic acids is 1. The lowest BCUT2D eigenvalue weighted by Gasteiger charge is -2.25. The van der Waals surface area contributed by atoms with E-state index in [4.69, 9.17) is 21.3 Å². The second kappa shape index (κ2) is 11.3. The smallest absolute Gasteiger partial charge is 0.304 e. The van der Waals surface area contributed by atoms with Crippen molar-refractivity contribution in [3.05, 3.63) is 82.8 Å². The van der Waals surface area contributed by atoms with Crippen LogP contribution >= 0.6 is 22.9 Å². The minimum Gasteiger partial charge on any atom is -0.481 e. The number of pyridine rings is 1. The van der Waals surface area contributed by atoms with E-state index in [1.54, 1.807) is 24.3 Å². The maximum absolute atomic E-state index is 13.8. The average Bonchev–Trinajstić information content (AvgIpc) is 3.64. The van der Waals surface area contributed by atoms with E-state index < -0.39 is 11.9 Å². The van der Waals surface area contributed by atoms with Gasteiger partial charge >= 0.3 is 5.97 Å². The summed E-state index contributed by atoms with van der Waals surface area (Å²) >= 11 is 7.74. The van der Waals surface area contributed by atoms with Crippen molar-refractivity contribution >= 4 is 39.9 Å². The van der Waals surface area contributed by atoms with Crippen molar-refractivity contribution in [2.45, 2.75) is 31.7 Å². The molecule has 1 atom stereocenters. The molecule has 0 unspecified atom stereocenters. The number of amides is 1. The lowest BCUT2D eigenvalue weighted by Crippen LogP contribution is -2.39. The number of hydrogen-bond acceptors (Lipinski definition) is 6. The molecule has 0 radical (unpaired) electrons. The lowest BCUT2D eigenvalue weighted by atomic mass is 9.94. The third kappa shape index (κ3) is 5.87. The number of carbonyl (C=O) groups excluding carboxylic acids is 1. The Hall–Kier alpha value is -3.75. The quantitative estimate of drug-likeness (QED) is 0.248. The Morgan fingerprint density at radius 2 is 1.92 bits per heavy atom. The molecule has 0 aliphatic heterocycles. The molecule has 1 N–H and O–H groups in total. The average molecular weight is 548 g/mol. The molecular weight excluding hydrogens is 522 g/mol. The van der Waals surface area contributed by atoms with Crippen LogP contribution in [0.3, 0.4) is 0 Å². The van der Waals surface area contributed by atoms with E-state index in [0.29, 0.717) is 28.1 Å². The number of ether oxygens (including phenoxy) is 1. The Labute approximate surface area is 229 Å². The first kappa shape index (κ1) is 25.9. The van der Waals surface area contributed by atoms with Crippen LogP contribution in [0.5, 0.6) is 5.88 Å². The highest BCUT2D eigenvalue weighted by Gasteiger charge is 2.39. The minimum absolute atomic E-state index is 0.0261. The van der Waals surface area contributed by atoms with E-state index >= 15 is 0 Å². The summed E-state index contributed by atoms with van der Waals surface area (Å²) in [6, 6.07) is 18.9. The zero-order chi connectivity index (χ0) is 26.6. The van der Waals surface area contributed by atoms with E-state index in [0.717, 1.165) is 35.1 Å². The molecule has 0 spiro atoms. The number of nitrogens with zero attached hydrogens (tertiary/aromatic N) is 3. The van der Waals surface area contributed by atoms with Gasteiger partial charge in [0.2, 0.25) is 11.8 Å². The Balaban J connectivity index is 1.47. The summed E-state index contributed by atoms with van der Waals surface area (Å²) in [7, 11) is 1.57. The fraction of sp³-hybridized carbons (Fsp3) is 0.241. The van der Waals surface area contributed by atoms with Crippen molar-refractivity contribution in [1.29, 1.82) is 0 Å². The van der Waals surface area contributed by atoms with Gasteiger partial charge in [-0.3, -0.25) is 14.5 Å². The van der Waals surface area contributed by atoms with E-state index in [2.05, 4.69) is 4.98 Å². The van der Waals surface area contributed by atoms with Gasteiger partial charge in [0.15, 0.2) is 5.13 Å². The number of aliphatic carboxylic acids is 1. The summed E-state index contributed by atoms with van der Waals surface area (Å²) in [6.07, 6.45) is 3.59. The number of thiazole rings is 1. The van der Waals surface area contributed by atoms with Crippen LogP contribution in [0.25, 0.3) is 22.4 Å². The standard InChI is InChI=1S/C29H26ClN3O4S/c1-37-26-12-7-19(16-31-26)23-11-8-21(30)15-24(23)25-17-38-29(32-25)33(22-9-10-22)28(36)20(14-27(34)35)13-18-5-3-2-4-6-18/h2-8,11-12,15-17,20,22H,9-10,13-14H2,1H3,(H,34,35)/t20-/m1/s1. The zero-order valence-corrected chi connectivity index (χ0v) is 22.3. The molecule has 1 aliphatic rings. The molecule has 2 aromatic heterocycles. The minimum atomic E-state index is -0.994. The highest BCUT2D eigenvalue weighted by Crippen LogP contribution is 2.40. The van der Waals surface area contributed by atoms with Crippen molar-refractivity contribution in [2.75, 3.05) is 12.0 Å². The second-order valence-electron chi connectivity index (χ2n) is 9.22. The van der Waals surface area contributed by atoms with E-state index in [1.165, 1.54) is 11.3 Å². The van der Waals surface area contributed by atoms with E-state index in [9.17, 15) is 14.7 Å². The van der Waals surface area contributed by atoms with Crippen molar-refractivity contribution in [3.63, 3.8) is 0 Å². The Bertz CT molecular complexity index is 1440. The molecule has 1 aliphatic carbocycles. The Morgan fingerprint density at radius 1 is 1.13 bits per heavy atom. The fourth-order valence-electron chi connectivity index (χ4n) is 4.46. The molecule has 1 amide bonds. The largest absolute Gasteiger partial charge is 0.481 e. The van der Waals surface area contributed by atoms with Gasteiger partial charge in [0.05, 0.1) is 25.1 Å². The van der Waals surface area contributed by atoms with Crippen LogP contribution < -0.4 is 9.64 Å². The molecule has 1 saturated carbocycles. The van der Waals surface area contributed by atoms with Crippen molar-refractivity contribution in [2.24, 2.45) is 5.92 Å². The molecule has 38 heavy (non-hydrogen) atoms. The van der Waals surface area contributed by atoms with Crippen LogP contribution in [-0.2, 0) is 16.0 Å². The van der Waals surface area contributed by atoms with Gasteiger partial charge in [0, 0.05) is 39.8 Å². The van der Waals surface area contributed by atoms with Crippen LogP contribution in [-0.4, -0.2) is 40.1 Å². The van der Waals surface area contributed by atoms with Crippen LogP contribution in [0.4, 0.5) is 5.13 Å². The molecule has 4 aromatic rings. The molecule has 5 rings (SSSR count). The second-order valence-corrected chi connectivity index (χ2v) is 10.5. The molecule has 2 aromatic carbocycles. The fourth-order valence-corrected chi connectivity index (χ4v) is 5.53. The van der Waals surface area contributed by atoms with E-state index in [1.807, 2.05) is 60.0 Å². The predicted octanol–water partition coefficient (Wildman–Crippen LogP) is 6.36. The van der Waals surface area contributed by atoms with Gasteiger partial charge in [-0.1, -0.05) is 48.0 Å². The summed E-state index contributed by atoms with van der Waals surface area (Å²) < 4.78 is 5.18. The van der Waals surface area contributed by atoms with E-state index in [-0.39, 0.29) is 18.4 Å². The van der Waals surface area contributed by atoms with Gasteiger partial charge < -0.3 is 9.84 Å². The summed E-state index contributed by atoms with van der Waals surface area (Å²) in [6.45, 7) is 0. The monoisotopic (exact) mass is 547 g/mol. The highest BCUT2D eigenvalue weighted by atomic mass is 35.5. The van der Waals surface area contributed by atoms with Crippen molar-refractivity contribution < 1.29 is 19.4 Å². The first-order valence-corrected chi connectivity index (χ1v) is 13.5.